The minimum absolute atomic E-state index is 0. The zero-order valence-electron chi connectivity index (χ0n) is 14.8. The molecule has 6 heteroatoms. The van der Waals surface area contributed by atoms with Crippen LogP contribution in [0.25, 0.3) is 0 Å². The molecule has 0 saturated carbocycles. The Morgan fingerprint density at radius 2 is 1.68 bits per heavy atom. The number of benzene rings is 2. The van der Waals surface area contributed by atoms with E-state index in [-0.39, 0.29) is 30.9 Å². The number of anilines is 1. The van der Waals surface area contributed by atoms with Crippen molar-refractivity contribution in [2.45, 2.75) is 19.4 Å². The van der Waals surface area contributed by atoms with Crippen molar-refractivity contribution in [3.63, 3.8) is 0 Å². The summed E-state index contributed by atoms with van der Waals surface area (Å²) in [4.78, 5) is 0. The molecular weight excluding hydrogens is 359 g/mol. The molecule has 138 valence electrons. The molecule has 0 spiro atoms. The summed E-state index contributed by atoms with van der Waals surface area (Å²) in [6, 6.07) is 13.0. The van der Waals surface area contributed by atoms with E-state index in [1.807, 2.05) is 0 Å². The summed E-state index contributed by atoms with van der Waals surface area (Å²) in [6.07, 6.45) is 1.01. The van der Waals surface area contributed by atoms with E-state index in [9.17, 15) is 0 Å². The van der Waals surface area contributed by atoms with Crippen LogP contribution >= 0.6 is 24.8 Å². The molecule has 1 atom stereocenters. The normalized spacial score (nSPS) is 15.2. The molecule has 0 fully saturated rings. The predicted octanol–water partition coefficient (Wildman–Crippen LogP) is 4.15. The van der Waals surface area contributed by atoms with Crippen LogP contribution in [-0.2, 0) is 6.42 Å². The van der Waals surface area contributed by atoms with Crippen LogP contribution in [0.5, 0.6) is 11.5 Å². The maximum Gasteiger partial charge on any atom is 0.161 e. The number of aryl methyl sites for hydroxylation is 1. The predicted molar refractivity (Wildman–Crippen MR) is 108 cm³/mol. The minimum atomic E-state index is 0. The average molecular weight is 385 g/mol. The number of halogens is 2. The number of hydrogen-bond acceptors (Lipinski definition) is 4. The van der Waals surface area contributed by atoms with Gasteiger partial charge in [-0.05, 0) is 55.3 Å². The number of rotatable bonds is 5. The summed E-state index contributed by atoms with van der Waals surface area (Å²) in [5.41, 5.74) is 5.03. The topological polar surface area (TPSA) is 42.5 Å². The Morgan fingerprint density at radius 3 is 2.32 bits per heavy atom. The first-order valence-electron chi connectivity index (χ1n) is 8.00. The molecule has 2 aromatic rings. The molecule has 2 N–H and O–H groups in total. The molecule has 25 heavy (non-hydrogen) atoms. The second-order valence-corrected chi connectivity index (χ2v) is 5.91. The molecule has 1 heterocycles. The number of methoxy groups -OCH3 is 2. The Balaban J connectivity index is 0.00000156. The van der Waals surface area contributed by atoms with Crippen LogP contribution in [0, 0.1) is 6.92 Å². The number of nitrogens with one attached hydrogen (secondary N) is 2. The van der Waals surface area contributed by atoms with Crippen molar-refractivity contribution in [3.8, 4) is 11.5 Å². The Hall–Kier alpha value is -1.62. The third kappa shape index (κ3) is 4.94. The second-order valence-electron chi connectivity index (χ2n) is 5.91. The lowest BCUT2D eigenvalue weighted by atomic mass is 9.93. The fourth-order valence-electron chi connectivity index (χ4n) is 3.04. The standard InChI is InChI=1S/C19H24N2O2.2ClH/c1-13-4-6-15(7-5-13)21-12-17-16-11-19(23-3)18(22-2)10-14(16)8-9-20-17;;/h4-7,10-11,17,20-21H,8-9,12H2,1-3H3;2*1H. The van der Waals surface area contributed by atoms with E-state index >= 15 is 0 Å². The Bertz CT molecular complexity index is 678. The maximum absolute atomic E-state index is 5.45. The Morgan fingerprint density at radius 1 is 1.04 bits per heavy atom. The average Bonchev–Trinajstić information content (AvgIpc) is 2.60. The van der Waals surface area contributed by atoms with Gasteiger partial charge in [0.15, 0.2) is 11.5 Å². The third-order valence-electron chi connectivity index (χ3n) is 4.37. The zero-order valence-corrected chi connectivity index (χ0v) is 16.4. The van der Waals surface area contributed by atoms with Gasteiger partial charge in [0.05, 0.1) is 14.2 Å². The number of fused-ring (bicyclic) bond motifs is 1. The lowest BCUT2D eigenvalue weighted by Gasteiger charge is -2.28. The first kappa shape index (κ1) is 21.4. The quantitative estimate of drug-likeness (QED) is 0.812. The monoisotopic (exact) mass is 384 g/mol. The van der Waals surface area contributed by atoms with Crippen molar-refractivity contribution in [2.75, 3.05) is 32.6 Å². The highest BCUT2D eigenvalue weighted by molar-refractivity contribution is 5.85. The summed E-state index contributed by atoms with van der Waals surface area (Å²) in [7, 11) is 3.36. The van der Waals surface area contributed by atoms with Crippen molar-refractivity contribution in [2.24, 2.45) is 0 Å². The van der Waals surface area contributed by atoms with Crippen molar-refractivity contribution in [3.05, 3.63) is 53.1 Å². The van der Waals surface area contributed by atoms with Crippen LogP contribution in [0.4, 0.5) is 5.69 Å². The molecule has 1 unspecified atom stereocenters. The van der Waals surface area contributed by atoms with Gasteiger partial charge in [0, 0.05) is 18.3 Å². The SMILES string of the molecule is COc1cc2c(cc1OC)C(CNc1ccc(C)cc1)NCC2.Cl.Cl. The third-order valence-corrected chi connectivity index (χ3v) is 4.37. The molecule has 3 rings (SSSR count). The summed E-state index contributed by atoms with van der Waals surface area (Å²) >= 11 is 0. The molecule has 1 aliphatic heterocycles. The van der Waals surface area contributed by atoms with Gasteiger partial charge in [-0.15, -0.1) is 24.8 Å². The van der Waals surface area contributed by atoms with E-state index in [1.54, 1.807) is 14.2 Å². The highest BCUT2D eigenvalue weighted by Gasteiger charge is 2.22. The van der Waals surface area contributed by atoms with Crippen LogP contribution in [-0.4, -0.2) is 27.3 Å². The van der Waals surface area contributed by atoms with Gasteiger partial charge in [0.2, 0.25) is 0 Å². The van der Waals surface area contributed by atoms with Crippen molar-refractivity contribution in [1.29, 1.82) is 0 Å². The van der Waals surface area contributed by atoms with Gasteiger partial charge < -0.3 is 20.1 Å². The van der Waals surface area contributed by atoms with Gasteiger partial charge in [-0.3, -0.25) is 0 Å². The van der Waals surface area contributed by atoms with Crippen molar-refractivity contribution >= 4 is 30.5 Å². The molecule has 0 saturated heterocycles. The van der Waals surface area contributed by atoms with E-state index in [1.165, 1.54) is 16.7 Å². The number of ether oxygens (including phenoxy) is 2. The summed E-state index contributed by atoms with van der Waals surface area (Å²) in [6.45, 7) is 3.91. The minimum Gasteiger partial charge on any atom is -0.493 e. The highest BCUT2D eigenvalue weighted by atomic mass is 35.5. The summed E-state index contributed by atoms with van der Waals surface area (Å²) in [5.74, 6) is 1.59. The molecule has 0 radical (unpaired) electrons. The summed E-state index contributed by atoms with van der Waals surface area (Å²) in [5, 5.41) is 7.10. The molecule has 0 aromatic heterocycles. The first-order valence-corrected chi connectivity index (χ1v) is 8.00. The molecular formula is C19H26Cl2N2O2. The summed E-state index contributed by atoms with van der Waals surface area (Å²) < 4.78 is 10.9. The van der Waals surface area contributed by atoms with E-state index in [0.717, 1.165) is 36.7 Å². The van der Waals surface area contributed by atoms with Gasteiger partial charge >= 0.3 is 0 Å². The maximum atomic E-state index is 5.45. The Labute approximate surface area is 162 Å². The van der Waals surface area contributed by atoms with Crippen LogP contribution in [0.15, 0.2) is 36.4 Å². The lowest BCUT2D eigenvalue weighted by molar-refractivity contribution is 0.352. The van der Waals surface area contributed by atoms with Crippen LogP contribution in [0.1, 0.15) is 22.7 Å². The zero-order chi connectivity index (χ0) is 16.2. The molecule has 1 aliphatic rings. The second kappa shape index (κ2) is 9.76. The molecule has 4 nitrogen and oxygen atoms in total. The smallest absolute Gasteiger partial charge is 0.161 e. The molecule has 0 aliphatic carbocycles. The van der Waals surface area contributed by atoms with Gasteiger partial charge in [0.1, 0.15) is 0 Å². The Kier molecular flexibility index (Phi) is 8.36. The van der Waals surface area contributed by atoms with E-state index in [4.69, 9.17) is 9.47 Å². The molecule has 2 aromatic carbocycles. The van der Waals surface area contributed by atoms with Crippen LogP contribution in [0.2, 0.25) is 0 Å². The van der Waals surface area contributed by atoms with Crippen molar-refractivity contribution < 1.29 is 9.47 Å². The fourth-order valence-corrected chi connectivity index (χ4v) is 3.04. The van der Waals surface area contributed by atoms with Gasteiger partial charge in [0.25, 0.3) is 0 Å². The van der Waals surface area contributed by atoms with Crippen LogP contribution in [0.3, 0.4) is 0 Å². The van der Waals surface area contributed by atoms with E-state index < -0.39 is 0 Å². The fraction of sp³-hybridized carbons (Fsp3) is 0.368. The largest absolute Gasteiger partial charge is 0.493 e. The first-order chi connectivity index (χ1) is 11.2. The molecule has 0 amide bonds. The van der Waals surface area contributed by atoms with Crippen molar-refractivity contribution in [1.82, 2.24) is 5.32 Å². The number of hydrogen-bond donors (Lipinski definition) is 2. The van der Waals surface area contributed by atoms with Gasteiger partial charge in [-0.1, -0.05) is 17.7 Å². The molecule has 0 bridgehead atoms. The lowest BCUT2D eigenvalue weighted by Crippen LogP contribution is -2.34. The van der Waals surface area contributed by atoms with Crippen LogP contribution < -0.4 is 20.1 Å². The van der Waals surface area contributed by atoms with Gasteiger partial charge in [-0.25, -0.2) is 0 Å². The van der Waals surface area contributed by atoms with E-state index in [2.05, 4.69) is 54.0 Å². The highest BCUT2D eigenvalue weighted by Crippen LogP contribution is 2.35. The van der Waals surface area contributed by atoms with E-state index in [0.29, 0.717) is 0 Å². The van der Waals surface area contributed by atoms with Gasteiger partial charge in [-0.2, -0.15) is 0 Å².